The topological polar surface area (TPSA) is 83.1 Å². The number of likely N-dealkylation sites (N-methyl/N-ethyl adjacent to an activating group) is 3. The number of nitrogens with zero attached hydrogens (tertiary/aromatic N) is 4. The van der Waals surface area contributed by atoms with Crippen molar-refractivity contribution in [3.05, 3.63) is 114 Å². The van der Waals surface area contributed by atoms with Gasteiger partial charge in [0.25, 0.3) is 0 Å². The highest BCUT2D eigenvalue weighted by Crippen LogP contribution is 2.21. The number of benzene rings is 3. The van der Waals surface area contributed by atoms with Gasteiger partial charge in [0.05, 0.1) is 0 Å². The van der Waals surface area contributed by atoms with Crippen LogP contribution in [0.4, 0.5) is 4.79 Å². The molecule has 4 rings (SSSR count). The molecule has 0 aliphatic carbocycles. The fraction of sp³-hybridized carbons (Fsp3) is 0.351. The van der Waals surface area contributed by atoms with Gasteiger partial charge in [0.1, 0.15) is 17.7 Å². The van der Waals surface area contributed by atoms with Crippen LogP contribution in [0.3, 0.4) is 0 Å². The van der Waals surface area contributed by atoms with E-state index in [1.54, 1.807) is 53.0 Å². The number of carbonyl (C=O) groups excluding carboxylic acids is 3. The maximum absolute atomic E-state index is 14.5. The minimum absolute atomic E-state index is 0.185. The Labute approximate surface area is 266 Å². The van der Waals surface area contributed by atoms with Crippen LogP contribution in [0.25, 0.3) is 10.8 Å². The second-order valence-electron chi connectivity index (χ2n) is 12.5. The molecule has 3 amide bonds. The van der Waals surface area contributed by atoms with Crippen LogP contribution in [0.5, 0.6) is 0 Å². The number of carbonyl (C=O) groups is 3. The van der Waals surface area contributed by atoms with Crippen molar-refractivity contribution in [1.29, 1.82) is 0 Å². The van der Waals surface area contributed by atoms with Gasteiger partial charge < -0.3 is 14.5 Å². The summed E-state index contributed by atoms with van der Waals surface area (Å²) >= 11 is 0. The SMILES string of the molecule is CN(CCc1ccccn1)C(=O)[C@@H](Cc1ccccc1)N(C)C(=O)[C@@H](Cc1ccc2ccccc2c1)N(C)C(=O)OC(C)(C)C. The molecule has 0 saturated carbocycles. The first-order valence-corrected chi connectivity index (χ1v) is 15.3. The van der Waals surface area contributed by atoms with E-state index in [-0.39, 0.29) is 18.2 Å². The Kier molecular flexibility index (Phi) is 10.9. The second kappa shape index (κ2) is 14.8. The number of amides is 3. The lowest BCUT2D eigenvalue weighted by atomic mass is 9.98. The van der Waals surface area contributed by atoms with Crippen molar-refractivity contribution >= 4 is 28.7 Å². The zero-order valence-electron chi connectivity index (χ0n) is 27.1. The van der Waals surface area contributed by atoms with Crippen molar-refractivity contribution in [3.8, 4) is 0 Å². The fourth-order valence-corrected chi connectivity index (χ4v) is 5.25. The van der Waals surface area contributed by atoms with Crippen LogP contribution in [-0.4, -0.2) is 83.0 Å². The molecule has 1 aromatic heterocycles. The Bertz CT molecular complexity index is 1590. The standard InChI is InChI=1S/C37H44N4O4/c1-37(2,3)45-36(44)41(6)33(26-28-19-20-29-16-10-11-17-30(29)24-28)35(43)40(5)32(25-27-14-8-7-9-15-27)34(42)39(4)23-21-31-18-12-13-22-38-31/h7-20,22,24,32-33H,21,23,25-26H2,1-6H3/t32-,33-/m1/s1. The van der Waals surface area contributed by atoms with Crippen LogP contribution in [0, 0.1) is 0 Å². The molecule has 0 radical (unpaired) electrons. The quantitative estimate of drug-likeness (QED) is 0.216. The molecule has 0 N–H and O–H groups in total. The van der Waals surface area contributed by atoms with Crippen molar-refractivity contribution in [2.75, 3.05) is 27.7 Å². The molecular weight excluding hydrogens is 564 g/mol. The minimum atomic E-state index is -0.907. The summed E-state index contributed by atoms with van der Waals surface area (Å²) in [6, 6.07) is 27.7. The highest BCUT2D eigenvalue weighted by atomic mass is 16.6. The Morgan fingerprint density at radius 3 is 2.00 bits per heavy atom. The average Bonchev–Trinajstić information content (AvgIpc) is 3.03. The monoisotopic (exact) mass is 608 g/mol. The lowest BCUT2D eigenvalue weighted by molar-refractivity contribution is -0.146. The predicted octanol–water partition coefficient (Wildman–Crippen LogP) is 5.78. The summed E-state index contributed by atoms with van der Waals surface area (Å²) in [4.78, 5) is 50.7. The largest absolute Gasteiger partial charge is 0.444 e. The summed E-state index contributed by atoms with van der Waals surface area (Å²) in [5, 5.41) is 2.13. The van der Waals surface area contributed by atoms with E-state index in [0.29, 0.717) is 19.4 Å². The second-order valence-corrected chi connectivity index (χ2v) is 12.5. The van der Waals surface area contributed by atoms with E-state index >= 15 is 0 Å². The molecule has 236 valence electrons. The van der Waals surface area contributed by atoms with Crippen molar-refractivity contribution < 1.29 is 19.1 Å². The number of rotatable bonds is 11. The van der Waals surface area contributed by atoms with Gasteiger partial charge >= 0.3 is 6.09 Å². The maximum atomic E-state index is 14.5. The number of ether oxygens (including phenoxy) is 1. The average molecular weight is 609 g/mol. The molecule has 0 aliphatic heterocycles. The number of fused-ring (bicyclic) bond motifs is 1. The molecule has 0 fully saturated rings. The van der Waals surface area contributed by atoms with E-state index < -0.39 is 23.8 Å². The van der Waals surface area contributed by atoms with Gasteiger partial charge in [-0.15, -0.1) is 0 Å². The van der Waals surface area contributed by atoms with Crippen molar-refractivity contribution in [1.82, 2.24) is 19.7 Å². The molecule has 1 heterocycles. The molecule has 8 heteroatoms. The minimum Gasteiger partial charge on any atom is -0.444 e. The summed E-state index contributed by atoms with van der Waals surface area (Å²) in [6.45, 7) is 5.82. The van der Waals surface area contributed by atoms with Gasteiger partial charge in [-0.2, -0.15) is 0 Å². The number of pyridine rings is 1. The molecule has 8 nitrogen and oxygen atoms in total. The molecule has 0 spiro atoms. The molecule has 0 bridgehead atoms. The number of hydrogen-bond acceptors (Lipinski definition) is 5. The van der Waals surface area contributed by atoms with Crippen LogP contribution in [0.1, 0.15) is 37.6 Å². The van der Waals surface area contributed by atoms with Gasteiger partial charge in [0.2, 0.25) is 11.8 Å². The number of hydrogen-bond donors (Lipinski definition) is 0. The van der Waals surface area contributed by atoms with Gasteiger partial charge in [-0.25, -0.2) is 4.79 Å². The maximum Gasteiger partial charge on any atom is 0.410 e. The lowest BCUT2D eigenvalue weighted by Crippen LogP contribution is -2.56. The smallest absolute Gasteiger partial charge is 0.410 e. The van der Waals surface area contributed by atoms with Crippen LogP contribution < -0.4 is 0 Å². The molecule has 0 saturated heterocycles. The molecule has 3 aromatic carbocycles. The summed E-state index contributed by atoms with van der Waals surface area (Å²) < 4.78 is 5.67. The Balaban J connectivity index is 1.64. The first-order valence-electron chi connectivity index (χ1n) is 15.3. The fourth-order valence-electron chi connectivity index (χ4n) is 5.25. The van der Waals surface area contributed by atoms with Crippen LogP contribution >= 0.6 is 0 Å². The van der Waals surface area contributed by atoms with Gasteiger partial charge in [0.15, 0.2) is 0 Å². The molecule has 2 atom stereocenters. The summed E-state index contributed by atoms with van der Waals surface area (Å²) in [7, 11) is 4.98. The zero-order valence-corrected chi connectivity index (χ0v) is 27.1. The number of aromatic nitrogens is 1. The van der Waals surface area contributed by atoms with E-state index in [0.717, 1.165) is 27.6 Å². The van der Waals surface area contributed by atoms with Crippen LogP contribution in [-0.2, 0) is 33.6 Å². The predicted molar refractivity (Wildman–Crippen MR) is 178 cm³/mol. The first-order chi connectivity index (χ1) is 21.4. The first kappa shape index (κ1) is 33.2. The summed E-state index contributed by atoms with van der Waals surface area (Å²) in [5.74, 6) is -0.529. The van der Waals surface area contributed by atoms with Gasteiger partial charge in [-0.05, 0) is 54.8 Å². The Morgan fingerprint density at radius 2 is 1.33 bits per heavy atom. The van der Waals surface area contributed by atoms with E-state index in [1.807, 2.05) is 91.0 Å². The summed E-state index contributed by atoms with van der Waals surface area (Å²) in [5.41, 5.74) is 1.97. The van der Waals surface area contributed by atoms with E-state index in [2.05, 4.69) is 4.98 Å². The van der Waals surface area contributed by atoms with Crippen LogP contribution in [0.2, 0.25) is 0 Å². The Morgan fingerprint density at radius 1 is 0.711 bits per heavy atom. The van der Waals surface area contributed by atoms with Gasteiger partial charge in [0, 0.05) is 58.8 Å². The molecular formula is C37H44N4O4. The van der Waals surface area contributed by atoms with Crippen molar-refractivity contribution in [2.24, 2.45) is 0 Å². The third kappa shape index (κ3) is 9.14. The molecule has 0 unspecified atom stereocenters. The van der Waals surface area contributed by atoms with Crippen molar-refractivity contribution in [3.63, 3.8) is 0 Å². The van der Waals surface area contributed by atoms with E-state index in [4.69, 9.17) is 4.74 Å². The van der Waals surface area contributed by atoms with Gasteiger partial charge in [-0.3, -0.25) is 19.5 Å². The normalized spacial score (nSPS) is 12.7. The van der Waals surface area contributed by atoms with Crippen LogP contribution in [0.15, 0.2) is 97.2 Å². The zero-order chi connectivity index (χ0) is 32.6. The van der Waals surface area contributed by atoms with E-state index in [9.17, 15) is 14.4 Å². The summed E-state index contributed by atoms with van der Waals surface area (Å²) in [6.07, 6.45) is 2.30. The van der Waals surface area contributed by atoms with Crippen molar-refractivity contribution in [2.45, 2.75) is 57.7 Å². The van der Waals surface area contributed by atoms with Gasteiger partial charge in [-0.1, -0.05) is 78.9 Å². The highest BCUT2D eigenvalue weighted by molar-refractivity contribution is 5.92. The third-order valence-corrected chi connectivity index (χ3v) is 7.85. The van der Waals surface area contributed by atoms with E-state index in [1.165, 1.54) is 9.80 Å². The molecule has 0 aliphatic rings. The highest BCUT2D eigenvalue weighted by Gasteiger charge is 2.37. The third-order valence-electron chi connectivity index (χ3n) is 7.85. The lowest BCUT2D eigenvalue weighted by Gasteiger charge is -2.36. The Hall–Kier alpha value is -4.72. The molecule has 4 aromatic rings. The molecule has 45 heavy (non-hydrogen) atoms.